The zero-order valence-corrected chi connectivity index (χ0v) is 11.3. The molecule has 18 heavy (non-hydrogen) atoms. The molecule has 0 saturated carbocycles. The largest absolute Gasteiger partial charge is 0.493 e. The summed E-state index contributed by atoms with van der Waals surface area (Å²) in [5.41, 5.74) is 12.7. The van der Waals surface area contributed by atoms with Crippen LogP contribution in [0.4, 0.5) is 0 Å². The third kappa shape index (κ3) is 4.20. The first-order valence-corrected chi connectivity index (χ1v) is 6.49. The van der Waals surface area contributed by atoms with Crippen molar-refractivity contribution in [3.8, 4) is 11.5 Å². The monoisotopic (exact) mass is 252 g/mol. The van der Waals surface area contributed by atoms with Crippen molar-refractivity contribution in [3.63, 3.8) is 0 Å². The molecule has 0 aliphatic rings. The van der Waals surface area contributed by atoms with Crippen LogP contribution in [0.25, 0.3) is 0 Å². The summed E-state index contributed by atoms with van der Waals surface area (Å²) in [6.45, 7) is 3.29. The van der Waals surface area contributed by atoms with Crippen molar-refractivity contribution in [1.29, 1.82) is 0 Å². The average molecular weight is 252 g/mol. The quantitative estimate of drug-likeness (QED) is 0.696. The topological polar surface area (TPSA) is 70.5 Å². The second-order valence-corrected chi connectivity index (χ2v) is 4.23. The predicted molar refractivity (Wildman–Crippen MR) is 74.0 cm³/mol. The summed E-state index contributed by atoms with van der Waals surface area (Å²) < 4.78 is 10.8. The molecule has 4 nitrogen and oxygen atoms in total. The van der Waals surface area contributed by atoms with E-state index in [4.69, 9.17) is 20.9 Å². The lowest BCUT2D eigenvalue weighted by Gasteiger charge is -2.15. The molecule has 4 N–H and O–H groups in total. The van der Waals surface area contributed by atoms with Gasteiger partial charge in [-0.15, -0.1) is 0 Å². The Kier molecular flexibility index (Phi) is 6.54. The summed E-state index contributed by atoms with van der Waals surface area (Å²) in [7, 11) is 1.64. The zero-order valence-electron chi connectivity index (χ0n) is 11.3. The third-order valence-corrected chi connectivity index (χ3v) is 2.88. The van der Waals surface area contributed by atoms with Crippen molar-refractivity contribution in [1.82, 2.24) is 0 Å². The maximum absolute atomic E-state index is 6.16. The van der Waals surface area contributed by atoms with Gasteiger partial charge >= 0.3 is 0 Å². The lowest BCUT2D eigenvalue weighted by molar-refractivity contribution is 0.310. The van der Waals surface area contributed by atoms with Crippen LogP contribution in [0.1, 0.15) is 37.8 Å². The van der Waals surface area contributed by atoms with Crippen LogP contribution in [-0.2, 0) is 0 Å². The predicted octanol–water partition coefficient (Wildman–Crippen LogP) is 2.22. The van der Waals surface area contributed by atoms with Gasteiger partial charge in [-0.1, -0.05) is 12.5 Å². The van der Waals surface area contributed by atoms with E-state index in [-0.39, 0.29) is 6.04 Å². The zero-order chi connectivity index (χ0) is 13.4. The van der Waals surface area contributed by atoms with E-state index in [2.05, 4.69) is 0 Å². The normalized spacial score (nSPS) is 12.2. The molecule has 1 aromatic rings. The molecular formula is C14H24N2O2. The molecule has 0 unspecified atom stereocenters. The lowest BCUT2D eigenvalue weighted by Crippen LogP contribution is -2.11. The summed E-state index contributed by atoms with van der Waals surface area (Å²) in [5.74, 6) is 1.50. The molecule has 102 valence electrons. The van der Waals surface area contributed by atoms with E-state index < -0.39 is 0 Å². The van der Waals surface area contributed by atoms with Crippen molar-refractivity contribution < 1.29 is 9.47 Å². The van der Waals surface area contributed by atoms with E-state index >= 15 is 0 Å². The first kappa shape index (κ1) is 14.8. The molecular weight excluding hydrogens is 228 g/mol. The first-order chi connectivity index (χ1) is 8.72. The summed E-state index contributed by atoms with van der Waals surface area (Å²) >= 11 is 0. The molecule has 0 heterocycles. The fraction of sp³-hybridized carbons (Fsp3) is 0.571. The average Bonchev–Trinajstić information content (AvgIpc) is 2.39. The van der Waals surface area contributed by atoms with Gasteiger partial charge in [0.15, 0.2) is 11.5 Å². The van der Waals surface area contributed by atoms with Crippen LogP contribution in [0.2, 0.25) is 0 Å². The highest BCUT2D eigenvalue weighted by molar-refractivity contribution is 5.43. The van der Waals surface area contributed by atoms with Crippen LogP contribution in [0.15, 0.2) is 18.2 Å². The molecule has 0 aromatic heterocycles. The highest BCUT2D eigenvalue weighted by Crippen LogP contribution is 2.30. The van der Waals surface area contributed by atoms with Crippen molar-refractivity contribution in [3.05, 3.63) is 23.8 Å². The van der Waals surface area contributed by atoms with Gasteiger partial charge in [-0.25, -0.2) is 0 Å². The van der Waals surface area contributed by atoms with E-state index in [1.807, 2.05) is 25.1 Å². The van der Waals surface area contributed by atoms with Gasteiger partial charge in [0.25, 0.3) is 0 Å². The number of ether oxygens (including phenoxy) is 2. The van der Waals surface area contributed by atoms with Crippen LogP contribution in [0.3, 0.4) is 0 Å². The van der Waals surface area contributed by atoms with Crippen molar-refractivity contribution >= 4 is 0 Å². The molecule has 1 rings (SSSR count). The Balaban J connectivity index is 2.73. The van der Waals surface area contributed by atoms with Gasteiger partial charge in [0, 0.05) is 6.04 Å². The summed E-state index contributed by atoms with van der Waals surface area (Å²) in [6, 6.07) is 5.90. The molecule has 4 heteroatoms. The third-order valence-electron chi connectivity index (χ3n) is 2.88. The van der Waals surface area contributed by atoms with E-state index in [1.54, 1.807) is 7.11 Å². The summed E-state index contributed by atoms with van der Waals surface area (Å²) in [4.78, 5) is 0. The van der Waals surface area contributed by atoms with E-state index in [0.717, 1.165) is 42.9 Å². The molecule has 0 spiro atoms. The highest BCUT2D eigenvalue weighted by Gasteiger charge is 2.10. The van der Waals surface area contributed by atoms with Gasteiger partial charge < -0.3 is 20.9 Å². The molecule has 0 fully saturated rings. The van der Waals surface area contributed by atoms with E-state index in [1.165, 1.54) is 0 Å². The number of rotatable bonds is 8. The molecule has 0 aliphatic carbocycles. The highest BCUT2D eigenvalue weighted by atomic mass is 16.5. The van der Waals surface area contributed by atoms with Crippen LogP contribution in [0, 0.1) is 0 Å². The number of hydrogen-bond acceptors (Lipinski definition) is 4. The Bertz CT molecular complexity index is 356. The minimum absolute atomic E-state index is 0.0293. The van der Waals surface area contributed by atoms with Gasteiger partial charge in [-0.3, -0.25) is 0 Å². The summed E-state index contributed by atoms with van der Waals surface area (Å²) in [6.07, 6.45) is 3.00. The summed E-state index contributed by atoms with van der Waals surface area (Å²) in [5, 5.41) is 0. The minimum atomic E-state index is 0.0293. The minimum Gasteiger partial charge on any atom is -0.493 e. The SMILES string of the molecule is CCOc1cc([C@H](N)CCCCN)ccc1OC. The van der Waals surface area contributed by atoms with Crippen LogP contribution in [-0.4, -0.2) is 20.3 Å². The van der Waals surface area contributed by atoms with Gasteiger partial charge in [-0.2, -0.15) is 0 Å². The lowest BCUT2D eigenvalue weighted by atomic mass is 10.0. The second-order valence-electron chi connectivity index (χ2n) is 4.23. The van der Waals surface area contributed by atoms with Gasteiger partial charge in [-0.05, 0) is 44.0 Å². The van der Waals surface area contributed by atoms with Crippen molar-refractivity contribution in [2.75, 3.05) is 20.3 Å². The van der Waals surface area contributed by atoms with Crippen molar-refractivity contribution in [2.24, 2.45) is 11.5 Å². The number of hydrogen-bond donors (Lipinski definition) is 2. The molecule has 0 amide bonds. The number of benzene rings is 1. The molecule has 0 aliphatic heterocycles. The molecule has 0 bridgehead atoms. The number of methoxy groups -OCH3 is 1. The molecule has 1 atom stereocenters. The Hall–Kier alpha value is -1.26. The Morgan fingerprint density at radius 3 is 2.61 bits per heavy atom. The van der Waals surface area contributed by atoms with E-state index in [0.29, 0.717) is 6.61 Å². The standard InChI is InChI=1S/C14H24N2O2/c1-3-18-14-10-11(7-8-13(14)17-2)12(16)6-4-5-9-15/h7-8,10,12H,3-6,9,15-16H2,1-2H3/t12-/m1/s1. The molecule has 1 aromatic carbocycles. The fourth-order valence-corrected chi connectivity index (χ4v) is 1.87. The Morgan fingerprint density at radius 2 is 2.00 bits per heavy atom. The van der Waals surface area contributed by atoms with Crippen LogP contribution < -0.4 is 20.9 Å². The first-order valence-electron chi connectivity index (χ1n) is 6.49. The van der Waals surface area contributed by atoms with Gasteiger partial charge in [0.05, 0.1) is 13.7 Å². The van der Waals surface area contributed by atoms with Crippen molar-refractivity contribution in [2.45, 2.75) is 32.2 Å². The van der Waals surface area contributed by atoms with Gasteiger partial charge in [0.1, 0.15) is 0 Å². The number of unbranched alkanes of at least 4 members (excludes halogenated alkanes) is 1. The molecule has 0 radical (unpaired) electrons. The maximum atomic E-state index is 6.16. The van der Waals surface area contributed by atoms with Crippen LogP contribution in [0.5, 0.6) is 11.5 Å². The smallest absolute Gasteiger partial charge is 0.161 e. The second kappa shape index (κ2) is 7.95. The Labute approximate surface area is 109 Å². The van der Waals surface area contributed by atoms with Gasteiger partial charge in [0.2, 0.25) is 0 Å². The number of nitrogens with two attached hydrogens (primary N) is 2. The maximum Gasteiger partial charge on any atom is 0.161 e. The van der Waals surface area contributed by atoms with E-state index in [9.17, 15) is 0 Å². The molecule has 0 saturated heterocycles. The van der Waals surface area contributed by atoms with Crippen LogP contribution >= 0.6 is 0 Å². The Morgan fingerprint density at radius 1 is 1.22 bits per heavy atom. The fourth-order valence-electron chi connectivity index (χ4n) is 1.87.